The molecule has 0 aromatic heterocycles. The van der Waals surface area contributed by atoms with Crippen LogP contribution in [0.15, 0.2) is 41.3 Å². The second-order valence-corrected chi connectivity index (χ2v) is 9.29. The lowest BCUT2D eigenvalue weighted by atomic mass is 10.1. The van der Waals surface area contributed by atoms with Gasteiger partial charge in [0.2, 0.25) is 10.0 Å². The van der Waals surface area contributed by atoms with Crippen LogP contribution >= 0.6 is 11.6 Å². The topological polar surface area (TPSA) is 102 Å². The van der Waals surface area contributed by atoms with E-state index < -0.39 is 28.0 Å². The third-order valence-electron chi connectivity index (χ3n) is 4.82. The molecule has 0 saturated heterocycles. The maximum absolute atomic E-state index is 12.9. The fourth-order valence-electron chi connectivity index (χ4n) is 3.00. The third kappa shape index (κ3) is 5.79. The summed E-state index contributed by atoms with van der Waals surface area (Å²) in [6.45, 7) is 7.15. The number of aryl methyl sites for hydroxylation is 1. The fourth-order valence-corrected chi connectivity index (χ4v) is 4.88. The van der Waals surface area contributed by atoms with Crippen molar-refractivity contribution >= 4 is 39.2 Å². The highest BCUT2D eigenvalue weighted by atomic mass is 35.5. The lowest BCUT2D eigenvalue weighted by molar-refractivity contribution is -0.123. The lowest BCUT2D eigenvalue weighted by Crippen LogP contribution is -2.32. The molecule has 10 heteroatoms. The highest BCUT2D eigenvalue weighted by molar-refractivity contribution is 7.89. The fraction of sp³-hybridized carbons (Fsp3) is 0.364. The molecular weight excluding hydrogens is 456 g/mol. The summed E-state index contributed by atoms with van der Waals surface area (Å²) >= 11 is 5.96. The molecule has 0 bridgehead atoms. The molecule has 0 unspecified atom stereocenters. The number of esters is 1. The van der Waals surface area contributed by atoms with E-state index in [-0.39, 0.29) is 10.5 Å². The zero-order chi connectivity index (χ0) is 24.1. The second-order valence-electron chi connectivity index (χ2n) is 6.95. The molecule has 0 fully saturated rings. The van der Waals surface area contributed by atoms with E-state index in [0.29, 0.717) is 35.1 Å². The first-order chi connectivity index (χ1) is 15.0. The standard InChI is InChI=1S/C22H27ClN2O6S/c1-6-25(7-2)32(28,29)20-12-16(9-8-14(20)3)22(27)31-15(4)21(26)24-18-13-17(23)10-11-19(18)30-5/h8-13,15H,6-7H2,1-5H3,(H,24,26)/t15-/m0/s1. The monoisotopic (exact) mass is 482 g/mol. The van der Waals surface area contributed by atoms with Gasteiger partial charge in [-0.1, -0.05) is 31.5 Å². The Morgan fingerprint density at radius 2 is 1.78 bits per heavy atom. The molecule has 2 aromatic carbocycles. The first kappa shape index (κ1) is 25.6. The summed E-state index contributed by atoms with van der Waals surface area (Å²) in [4.78, 5) is 25.2. The first-order valence-corrected chi connectivity index (χ1v) is 11.8. The molecule has 2 aromatic rings. The Morgan fingerprint density at radius 3 is 2.38 bits per heavy atom. The molecule has 0 aliphatic heterocycles. The van der Waals surface area contributed by atoms with Crippen LogP contribution in [-0.2, 0) is 19.6 Å². The minimum atomic E-state index is -3.77. The maximum atomic E-state index is 12.9. The number of carbonyl (C=O) groups excluding carboxylic acids is 2. The van der Waals surface area contributed by atoms with Crippen LogP contribution in [-0.4, -0.2) is 50.9 Å². The van der Waals surface area contributed by atoms with Gasteiger partial charge in [-0.25, -0.2) is 13.2 Å². The predicted octanol–water partition coefficient (Wildman–Crippen LogP) is 3.87. The van der Waals surface area contributed by atoms with E-state index in [1.165, 1.54) is 42.6 Å². The van der Waals surface area contributed by atoms with Gasteiger partial charge in [-0.2, -0.15) is 4.31 Å². The van der Waals surface area contributed by atoms with Crippen molar-refractivity contribution in [1.82, 2.24) is 4.31 Å². The number of benzene rings is 2. The molecule has 2 rings (SSSR count). The van der Waals surface area contributed by atoms with E-state index in [2.05, 4.69) is 5.32 Å². The average molecular weight is 483 g/mol. The number of nitrogens with one attached hydrogen (secondary N) is 1. The van der Waals surface area contributed by atoms with Gasteiger partial charge < -0.3 is 14.8 Å². The normalized spacial score (nSPS) is 12.3. The molecule has 0 aliphatic rings. The molecule has 1 atom stereocenters. The van der Waals surface area contributed by atoms with Crippen molar-refractivity contribution in [3.8, 4) is 5.75 Å². The minimum Gasteiger partial charge on any atom is -0.495 e. The number of rotatable bonds is 9. The van der Waals surface area contributed by atoms with Crippen LogP contribution in [0.25, 0.3) is 0 Å². The minimum absolute atomic E-state index is 0.0245. The van der Waals surface area contributed by atoms with Crippen LogP contribution in [0.5, 0.6) is 5.75 Å². The smallest absolute Gasteiger partial charge is 0.338 e. The van der Waals surface area contributed by atoms with E-state index in [1.807, 2.05) is 0 Å². The molecule has 0 heterocycles. The number of anilines is 1. The number of ether oxygens (including phenoxy) is 2. The van der Waals surface area contributed by atoms with Crippen molar-refractivity contribution < 1.29 is 27.5 Å². The van der Waals surface area contributed by atoms with Gasteiger partial charge in [0, 0.05) is 18.1 Å². The molecule has 1 N–H and O–H groups in total. The first-order valence-electron chi connectivity index (χ1n) is 10.0. The Bertz CT molecular complexity index is 1100. The zero-order valence-corrected chi connectivity index (χ0v) is 20.2. The van der Waals surface area contributed by atoms with Gasteiger partial charge >= 0.3 is 5.97 Å². The van der Waals surface area contributed by atoms with E-state index >= 15 is 0 Å². The summed E-state index contributed by atoms with van der Waals surface area (Å²) in [5.74, 6) is -1.02. The number of methoxy groups -OCH3 is 1. The third-order valence-corrected chi connectivity index (χ3v) is 7.25. The van der Waals surface area contributed by atoms with Crippen molar-refractivity contribution in [2.75, 3.05) is 25.5 Å². The number of amides is 1. The molecule has 1 amide bonds. The van der Waals surface area contributed by atoms with Crippen LogP contribution in [0.1, 0.15) is 36.7 Å². The van der Waals surface area contributed by atoms with Gasteiger partial charge in [0.15, 0.2) is 6.10 Å². The summed E-state index contributed by atoms with van der Waals surface area (Å²) in [5, 5.41) is 3.00. The average Bonchev–Trinajstić information content (AvgIpc) is 2.74. The molecule has 0 saturated carbocycles. The Labute approximate surface area is 193 Å². The molecule has 174 valence electrons. The number of nitrogens with zero attached hydrogens (tertiary/aromatic N) is 1. The van der Waals surface area contributed by atoms with Gasteiger partial charge in [-0.05, 0) is 49.7 Å². The Balaban J connectivity index is 2.20. The summed E-state index contributed by atoms with van der Waals surface area (Å²) in [6.07, 6.45) is -1.16. The van der Waals surface area contributed by atoms with Gasteiger partial charge in [-0.3, -0.25) is 4.79 Å². The molecule has 0 aliphatic carbocycles. The number of halogens is 1. The Hall–Kier alpha value is -2.62. The largest absolute Gasteiger partial charge is 0.495 e. The van der Waals surface area contributed by atoms with Gasteiger partial charge in [-0.15, -0.1) is 0 Å². The van der Waals surface area contributed by atoms with Crippen LogP contribution in [0.3, 0.4) is 0 Å². The van der Waals surface area contributed by atoms with E-state index in [9.17, 15) is 18.0 Å². The van der Waals surface area contributed by atoms with Gasteiger partial charge in [0.1, 0.15) is 5.75 Å². The van der Waals surface area contributed by atoms with Crippen molar-refractivity contribution in [2.24, 2.45) is 0 Å². The quantitative estimate of drug-likeness (QED) is 0.544. The summed E-state index contributed by atoms with van der Waals surface area (Å²) in [6, 6.07) is 8.99. The van der Waals surface area contributed by atoms with Crippen LogP contribution in [0.4, 0.5) is 5.69 Å². The van der Waals surface area contributed by atoms with Gasteiger partial charge in [0.25, 0.3) is 5.91 Å². The summed E-state index contributed by atoms with van der Waals surface area (Å²) in [7, 11) is -2.32. The van der Waals surface area contributed by atoms with Crippen LogP contribution in [0, 0.1) is 6.92 Å². The number of carbonyl (C=O) groups is 2. The SMILES string of the molecule is CCN(CC)S(=O)(=O)c1cc(C(=O)O[C@@H](C)C(=O)Nc2cc(Cl)ccc2OC)ccc1C. The van der Waals surface area contributed by atoms with Crippen molar-refractivity contribution in [3.63, 3.8) is 0 Å². The maximum Gasteiger partial charge on any atom is 0.338 e. The number of sulfonamides is 1. The Morgan fingerprint density at radius 1 is 1.12 bits per heavy atom. The van der Waals surface area contributed by atoms with Gasteiger partial charge in [0.05, 0.1) is 23.3 Å². The lowest BCUT2D eigenvalue weighted by Gasteiger charge is -2.20. The molecule has 0 spiro atoms. The van der Waals surface area contributed by atoms with Crippen molar-refractivity contribution in [2.45, 2.75) is 38.7 Å². The van der Waals surface area contributed by atoms with E-state index in [4.69, 9.17) is 21.1 Å². The highest BCUT2D eigenvalue weighted by Gasteiger charge is 2.26. The molecule has 8 nitrogen and oxygen atoms in total. The summed E-state index contributed by atoms with van der Waals surface area (Å²) < 4.78 is 37.5. The summed E-state index contributed by atoms with van der Waals surface area (Å²) in [5.41, 5.74) is 0.865. The number of hydrogen-bond donors (Lipinski definition) is 1. The highest BCUT2D eigenvalue weighted by Crippen LogP contribution is 2.28. The van der Waals surface area contributed by atoms with E-state index in [0.717, 1.165) is 0 Å². The van der Waals surface area contributed by atoms with E-state index in [1.54, 1.807) is 32.9 Å². The van der Waals surface area contributed by atoms with Crippen molar-refractivity contribution in [3.05, 3.63) is 52.5 Å². The molecule has 0 radical (unpaired) electrons. The molecular formula is C22H27ClN2O6S. The second kappa shape index (κ2) is 10.8. The van der Waals surface area contributed by atoms with Crippen LogP contribution < -0.4 is 10.1 Å². The van der Waals surface area contributed by atoms with Crippen LogP contribution in [0.2, 0.25) is 5.02 Å². The van der Waals surface area contributed by atoms with Crippen molar-refractivity contribution in [1.29, 1.82) is 0 Å². The Kier molecular flexibility index (Phi) is 8.65. The predicted molar refractivity (Wildman–Crippen MR) is 123 cm³/mol. The number of hydrogen-bond acceptors (Lipinski definition) is 6. The zero-order valence-electron chi connectivity index (χ0n) is 18.6. The molecule has 32 heavy (non-hydrogen) atoms.